The Morgan fingerprint density at radius 3 is 2.82 bits per heavy atom. The number of nitrogens with one attached hydrogen (secondary N) is 1. The lowest BCUT2D eigenvalue weighted by molar-refractivity contribution is -0.136. The monoisotopic (exact) mass is 155 g/mol. The smallest absolute Gasteiger partial charge is 0.303 e. The van der Waals surface area contributed by atoms with Crippen molar-refractivity contribution >= 4 is 5.97 Å². The van der Waals surface area contributed by atoms with Gasteiger partial charge in [0, 0.05) is 19.5 Å². The topological polar surface area (TPSA) is 49.3 Å². The van der Waals surface area contributed by atoms with Gasteiger partial charge in [0.2, 0.25) is 0 Å². The maximum atomic E-state index is 10.2. The normalized spacial score (nSPS) is 17.5. The maximum Gasteiger partial charge on any atom is 0.303 e. The Morgan fingerprint density at radius 1 is 1.64 bits per heavy atom. The molecule has 11 heavy (non-hydrogen) atoms. The van der Waals surface area contributed by atoms with E-state index in [1.54, 1.807) is 0 Å². The zero-order chi connectivity index (χ0) is 8.27. The van der Waals surface area contributed by atoms with Crippen LogP contribution in [0.3, 0.4) is 0 Å². The van der Waals surface area contributed by atoms with Crippen LogP contribution in [-0.2, 0) is 4.79 Å². The Labute approximate surface area is 66.1 Å². The second-order valence-corrected chi connectivity index (χ2v) is 2.88. The second-order valence-electron chi connectivity index (χ2n) is 2.88. The van der Waals surface area contributed by atoms with Gasteiger partial charge in [0.1, 0.15) is 0 Å². The first-order chi connectivity index (χ1) is 5.20. The van der Waals surface area contributed by atoms with Crippen LogP contribution < -0.4 is 5.32 Å². The fourth-order valence-corrected chi connectivity index (χ4v) is 1.24. The molecule has 3 nitrogen and oxygen atoms in total. The van der Waals surface area contributed by atoms with Crippen molar-refractivity contribution in [2.24, 2.45) is 0 Å². The average Bonchev–Trinajstić information content (AvgIpc) is 2.31. The molecule has 0 saturated carbocycles. The summed E-state index contributed by atoms with van der Waals surface area (Å²) in [5.41, 5.74) is 2.58. The third-order valence-corrected chi connectivity index (χ3v) is 1.97. The summed E-state index contributed by atoms with van der Waals surface area (Å²) in [6.45, 7) is 3.85. The van der Waals surface area contributed by atoms with Gasteiger partial charge in [0.15, 0.2) is 0 Å². The highest BCUT2D eigenvalue weighted by molar-refractivity contribution is 5.67. The molecule has 0 radical (unpaired) electrons. The van der Waals surface area contributed by atoms with E-state index in [2.05, 4.69) is 12.2 Å². The molecule has 0 aromatic heterocycles. The maximum absolute atomic E-state index is 10.2. The van der Waals surface area contributed by atoms with E-state index in [1.807, 2.05) is 0 Å². The molecule has 0 atom stereocenters. The van der Waals surface area contributed by atoms with Crippen LogP contribution in [0.4, 0.5) is 0 Å². The van der Waals surface area contributed by atoms with E-state index in [-0.39, 0.29) is 6.42 Å². The van der Waals surface area contributed by atoms with E-state index in [0.29, 0.717) is 6.42 Å². The van der Waals surface area contributed by atoms with E-state index in [4.69, 9.17) is 5.11 Å². The van der Waals surface area contributed by atoms with Gasteiger partial charge < -0.3 is 10.4 Å². The highest BCUT2D eigenvalue weighted by Gasteiger charge is 2.10. The fraction of sp³-hybridized carbons (Fsp3) is 0.625. The first-order valence-corrected chi connectivity index (χ1v) is 3.80. The molecule has 1 heterocycles. The Morgan fingerprint density at radius 2 is 2.36 bits per heavy atom. The first-order valence-electron chi connectivity index (χ1n) is 3.80. The summed E-state index contributed by atoms with van der Waals surface area (Å²) in [5.74, 6) is -0.711. The highest BCUT2D eigenvalue weighted by Crippen LogP contribution is 2.14. The van der Waals surface area contributed by atoms with Gasteiger partial charge in [-0.1, -0.05) is 11.1 Å². The van der Waals surface area contributed by atoms with Crippen molar-refractivity contribution in [3.05, 3.63) is 11.1 Å². The van der Waals surface area contributed by atoms with Crippen LogP contribution in [-0.4, -0.2) is 24.2 Å². The van der Waals surface area contributed by atoms with Crippen molar-refractivity contribution in [3.63, 3.8) is 0 Å². The lowest BCUT2D eigenvalue weighted by Crippen LogP contribution is -2.09. The molecular formula is C8H13NO2. The Kier molecular flexibility index (Phi) is 2.65. The number of hydrogen-bond acceptors (Lipinski definition) is 2. The molecule has 2 N–H and O–H groups in total. The summed E-state index contributed by atoms with van der Waals surface area (Å²) in [6.07, 6.45) is 0.961. The Balaban J connectivity index is 2.36. The van der Waals surface area contributed by atoms with Crippen LogP contribution in [0, 0.1) is 0 Å². The largest absolute Gasteiger partial charge is 0.481 e. The summed E-state index contributed by atoms with van der Waals surface area (Å²) < 4.78 is 0. The Hall–Kier alpha value is -0.830. The molecule has 0 aliphatic carbocycles. The summed E-state index contributed by atoms with van der Waals surface area (Å²) in [5, 5.41) is 11.6. The summed E-state index contributed by atoms with van der Waals surface area (Å²) in [4.78, 5) is 10.2. The predicted molar refractivity (Wildman–Crippen MR) is 42.4 cm³/mol. The van der Waals surface area contributed by atoms with Crippen LogP contribution in [0.15, 0.2) is 11.1 Å². The minimum atomic E-state index is -0.711. The van der Waals surface area contributed by atoms with Crippen LogP contribution in [0.25, 0.3) is 0 Å². The number of rotatable bonds is 3. The number of carboxylic acids is 1. The molecule has 0 fully saturated rings. The van der Waals surface area contributed by atoms with Crippen molar-refractivity contribution < 1.29 is 9.90 Å². The SMILES string of the molecule is CC1=C(CCC(=O)O)CNC1. The van der Waals surface area contributed by atoms with Gasteiger partial charge in [0.25, 0.3) is 0 Å². The van der Waals surface area contributed by atoms with Crippen LogP contribution in [0.1, 0.15) is 19.8 Å². The summed E-state index contributed by atoms with van der Waals surface area (Å²) >= 11 is 0. The highest BCUT2D eigenvalue weighted by atomic mass is 16.4. The van der Waals surface area contributed by atoms with E-state index in [1.165, 1.54) is 11.1 Å². The fourth-order valence-electron chi connectivity index (χ4n) is 1.24. The number of carboxylic acid groups (broad SMARTS) is 1. The zero-order valence-corrected chi connectivity index (χ0v) is 6.68. The lowest BCUT2D eigenvalue weighted by atomic mass is 10.1. The molecule has 0 aromatic carbocycles. The van der Waals surface area contributed by atoms with E-state index < -0.39 is 5.97 Å². The molecule has 0 saturated heterocycles. The van der Waals surface area contributed by atoms with E-state index in [0.717, 1.165) is 13.1 Å². The minimum Gasteiger partial charge on any atom is -0.481 e. The molecule has 1 aliphatic heterocycles. The average molecular weight is 155 g/mol. The molecule has 1 rings (SSSR count). The number of hydrogen-bond donors (Lipinski definition) is 2. The lowest BCUT2D eigenvalue weighted by Gasteiger charge is -1.98. The van der Waals surface area contributed by atoms with Crippen molar-refractivity contribution in [1.82, 2.24) is 5.32 Å². The zero-order valence-electron chi connectivity index (χ0n) is 6.68. The van der Waals surface area contributed by atoms with Crippen LogP contribution in [0.2, 0.25) is 0 Å². The summed E-state index contributed by atoms with van der Waals surface area (Å²) in [7, 11) is 0. The van der Waals surface area contributed by atoms with Crippen molar-refractivity contribution in [1.29, 1.82) is 0 Å². The van der Waals surface area contributed by atoms with Gasteiger partial charge in [0.05, 0.1) is 0 Å². The quantitative estimate of drug-likeness (QED) is 0.592. The van der Waals surface area contributed by atoms with Crippen molar-refractivity contribution in [3.8, 4) is 0 Å². The number of aliphatic carboxylic acids is 1. The molecule has 0 bridgehead atoms. The van der Waals surface area contributed by atoms with Gasteiger partial charge in [-0.3, -0.25) is 4.79 Å². The van der Waals surface area contributed by atoms with Crippen LogP contribution >= 0.6 is 0 Å². The first kappa shape index (κ1) is 8.27. The summed E-state index contributed by atoms with van der Waals surface area (Å²) in [6, 6.07) is 0. The molecule has 0 unspecified atom stereocenters. The standard InChI is InChI=1S/C8H13NO2/c1-6-4-9-5-7(6)2-3-8(10)11/h9H,2-5H2,1H3,(H,10,11). The van der Waals surface area contributed by atoms with Gasteiger partial charge in [-0.25, -0.2) is 0 Å². The second kappa shape index (κ2) is 3.53. The Bertz CT molecular complexity index is 196. The van der Waals surface area contributed by atoms with Crippen molar-refractivity contribution in [2.75, 3.05) is 13.1 Å². The minimum absolute atomic E-state index is 0.258. The molecule has 0 spiro atoms. The molecule has 0 aromatic rings. The number of carbonyl (C=O) groups is 1. The molecular weight excluding hydrogens is 142 g/mol. The predicted octanol–water partition coefficient (Wildman–Crippen LogP) is 0.771. The van der Waals surface area contributed by atoms with E-state index in [9.17, 15) is 4.79 Å². The third-order valence-electron chi connectivity index (χ3n) is 1.97. The van der Waals surface area contributed by atoms with Gasteiger partial charge in [-0.15, -0.1) is 0 Å². The molecule has 1 aliphatic rings. The van der Waals surface area contributed by atoms with E-state index >= 15 is 0 Å². The van der Waals surface area contributed by atoms with Gasteiger partial charge >= 0.3 is 5.97 Å². The van der Waals surface area contributed by atoms with Crippen molar-refractivity contribution in [2.45, 2.75) is 19.8 Å². The van der Waals surface area contributed by atoms with Gasteiger partial charge in [-0.2, -0.15) is 0 Å². The molecule has 0 amide bonds. The third kappa shape index (κ3) is 2.35. The van der Waals surface area contributed by atoms with Crippen LogP contribution in [0.5, 0.6) is 0 Å². The molecule has 62 valence electrons. The molecule has 3 heteroatoms. The van der Waals surface area contributed by atoms with Gasteiger partial charge in [-0.05, 0) is 13.3 Å².